The Morgan fingerprint density at radius 3 is 2.58 bits per heavy atom. The Bertz CT molecular complexity index is 1280. The summed E-state index contributed by atoms with van der Waals surface area (Å²) in [7, 11) is 0. The summed E-state index contributed by atoms with van der Waals surface area (Å²) < 4.78 is 5.76. The van der Waals surface area contributed by atoms with Crippen LogP contribution in [-0.2, 0) is 6.42 Å². The smallest absolute Gasteiger partial charge is 0.261 e. The number of furan rings is 1. The Morgan fingerprint density at radius 2 is 1.84 bits per heavy atom. The number of rotatable bonds is 5. The zero-order chi connectivity index (χ0) is 22.1. The summed E-state index contributed by atoms with van der Waals surface area (Å²) in [6.07, 6.45) is 2.31. The summed E-state index contributed by atoms with van der Waals surface area (Å²) >= 11 is 25.6. The molecule has 158 valence electrons. The van der Waals surface area contributed by atoms with Crippen LogP contribution in [0.3, 0.4) is 0 Å². The number of aryl methyl sites for hydroxylation is 1. The third-order valence-electron chi connectivity index (χ3n) is 4.52. The highest BCUT2D eigenvalue weighted by atomic mass is 35.5. The summed E-state index contributed by atoms with van der Waals surface area (Å²) in [6.45, 7) is 1.73. The summed E-state index contributed by atoms with van der Waals surface area (Å²) in [5.41, 5.74) is 2.08. The Balaban J connectivity index is 1.49. The van der Waals surface area contributed by atoms with Crippen LogP contribution in [0.15, 0.2) is 53.1 Å². The molecular weight excluding hydrogens is 498 g/mol. The summed E-state index contributed by atoms with van der Waals surface area (Å²) in [5, 5.41) is 5.35. The summed E-state index contributed by atoms with van der Waals surface area (Å²) in [4.78, 5) is 18.0. The summed E-state index contributed by atoms with van der Waals surface area (Å²) in [6, 6.07) is 12.2. The fourth-order valence-electron chi connectivity index (χ4n) is 2.96. The minimum Gasteiger partial charge on any atom is -0.461 e. The van der Waals surface area contributed by atoms with Crippen molar-refractivity contribution in [2.24, 2.45) is 0 Å². The first-order valence-corrected chi connectivity index (χ1v) is 11.4. The number of anilines is 1. The van der Waals surface area contributed by atoms with Crippen LogP contribution >= 0.6 is 57.7 Å². The van der Waals surface area contributed by atoms with Gasteiger partial charge in [0.05, 0.1) is 15.6 Å². The van der Waals surface area contributed by atoms with E-state index >= 15 is 0 Å². The topological polar surface area (TPSA) is 55.1 Å². The Hall–Kier alpha value is -2.02. The lowest BCUT2D eigenvalue weighted by atomic mass is 10.1. The van der Waals surface area contributed by atoms with Crippen LogP contribution in [-0.4, -0.2) is 10.9 Å². The molecule has 0 radical (unpaired) electrons. The van der Waals surface area contributed by atoms with Gasteiger partial charge in [0.15, 0.2) is 5.13 Å². The van der Waals surface area contributed by atoms with E-state index in [0.29, 0.717) is 48.7 Å². The van der Waals surface area contributed by atoms with Gasteiger partial charge in [-0.15, -0.1) is 11.3 Å². The number of carbonyl (C=O) groups excluding carboxylic acids is 1. The number of carbonyl (C=O) groups is 1. The first-order valence-electron chi connectivity index (χ1n) is 9.06. The fraction of sp³-hybridized carbons (Fsp3) is 0.0909. The number of thiazole rings is 1. The van der Waals surface area contributed by atoms with Gasteiger partial charge in [-0.1, -0.05) is 52.5 Å². The molecule has 2 aromatic carbocycles. The second-order valence-electron chi connectivity index (χ2n) is 6.71. The molecule has 0 aliphatic carbocycles. The Kier molecular flexibility index (Phi) is 6.60. The maximum Gasteiger partial charge on any atom is 0.261 e. The van der Waals surface area contributed by atoms with Crippen molar-refractivity contribution in [1.29, 1.82) is 0 Å². The molecule has 2 aromatic heterocycles. The van der Waals surface area contributed by atoms with Crippen molar-refractivity contribution in [1.82, 2.24) is 4.98 Å². The van der Waals surface area contributed by atoms with Crippen LogP contribution < -0.4 is 5.32 Å². The third kappa shape index (κ3) is 5.08. The van der Waals surface area contributed by atoms with Crippen molar-refractivity contribution in [3.63, 3.8) is 0 Å². The molecule has 1 amide bonds. The van der Waals surface area contributed by atoms with Crippen LogP contribution in [0.2, 0.25) is 20.1 Å². The molecule has 0 fully saturated rings. The van der Waals surface area contributed by atoms with E-state index in [1.54, 1.807) is 49.5 Å². The molecule has 9 heteroatoms. The second kappa shape index (κ2) is 9.23. The lowest BCUT2D eigenvalue weighted by Crippen LogP contribution is -2.11. The molecule has 2 heterocycles. The molecule has 31 heavy (non-hydrogen) atoms. The standard InChI is InChI=1S/C22H14Cl4N2O2S/c1-11-16(9-20(30-11)13-3-5-17(24)19(26)7-13)21(29)28-22-27-10-15(31-22)6-12-2-4-14(23)8-18(12)25/h2-5,7-10H,6H2,1H3,(H,27,28,29). The molecule has 4 rings (SSSR count). The molecule has 0 saturated heterocycles. The van der Waals surface area contributed by atoms with Crippen molar-refractivity contribution in [3.8, 4) is 11.3 Å². The summed E-state index contributed by atoms with van der Waals surface area (Å²) in [5.74, 6) is 0.708. The van der Waals surface area contributed by atoms with Gasteiger partial charge in [-0.05, 0) is 48.9 Å². The van der Waals surface area contributed by atoms with Gasteiger partial charge in [-0.3, -0.25) is 10.1 Å². The van der Waals surface area contributed by atoms with E-state index in [0.717, 1.165) is 16.0 Å². The molecule has 0 bridgehead atoms. The van der Waals surface area contributed by atoms with Gasteiger partial charge in [0, 0.05) is 33.1 Å². The SMILES string of the molecule is Cc1oc(-c2ccc(Cl)c(Cl)c2)cc1C(=O)Nc1ncc(Cc2ccc(Cl)cc2Cl)s1. The molecule has 4 nitrogen and oxygen atoms in total. The van der Waals surface area contributed by atoms with Gasteiger partial charge in [0.2, 0.25) is 0 Å². The predicted octanol–water partition coefficient (Wildman–Crippen LogP) is 8.17. The highest BCUT2D eigenvalue weighted by Gasteiger charge is 2.18. The van der Waals surface area contributed by atoms with E-state index in [-0.39, 0.29) is 5.91 Å². The largest absolute Gasteiger partial charge is 0.461 e. The third-order valence-corrected chi connectivity index (χ3v) is 6.76. The molecule has 0 unspecified atom stereocenters. The van der Waals surface area contributed by atoms with E-state index < -0.39 is 0 Å². The average Bonchev–Trinajstić information content (AvgIpc) is 3.32. The van der Waals surface area contributed by atoms with E-state index in [1.807, 2.05) is 6.07 Å². The van der Waals surface area contributed by atoms with Crippen LogP contribution in [0.25, 0.3) is 11.3 Å². The highest BCUT2D eigenvalue weighted by molar-refractivity contribution is 7.15. The van der Waals surface area contributed by atoms with Crippen molar-refractivity contribution in [3.05, 3.63) is 90.5 Å². The number of amides is 1. The quantitative estimate of drug-likeness (QED) is 0.294. The number of hydrogen-bond donors (Lipinski definition) is 1. The van der Waals surface area contributed by atoms with Crippen molar-refractivity contribution < 1.29 is 9.21 Å². The van der Waals surface area contributed by atoms with Gasteiger partial charge in [-0.2, -0.15) is 0 Å². The predicted molar refractivity (Wildman–Crippen MR) is 128 cm³/mol. The van der Waals surface area contributed by atoms with Crippen molar-refractivity contribution >= 4 is 68.8 Å². The van der Waals surface area contributed by atoms with Crippen LogP contribution in [0.1, 0.15) is 26.6 Å². The molecule has 0 aliphatic heterocycles. The first-order chi connectivity index (χ1) is 14.8. The van der Waals surface area contributed by atoms with Gasteiger partial charge < -0.3 is 4.42 Å². The fourth-order valence-corrected chi connectivity index (χ4v) is 4.57. The Morgan fingerprint density at radius 1 is 1.03 bits per heavy atom. The van der Waals surface area contributed by atoms with E-state index in [9.17, 15) is 4.79 Å². The molecule has 1 N–H and O–H groups in total. The lowest BCUT2D eigenvalue weighted by Gasteiger charge is -2.02. The maximum absolute atomic E-state index is 12.8. The highest BCUT2D eigenvalue weighted by Crippen LogP contribution is 2.32. The zero-order valence-corrected chi connectivity index (χ0v) is 19.8. The van der Waals surface area contributed by atoms with Gasteiger partial charge in [0.25, 0.3) is 5.91 Å². The maximum atomic E-state index is 12.8. The number of aromatic nitrogens is 1. The molecule has 0 saturated carbocycles. The zero-order valence-electron chi connectivity index (χ0n) is 16.0. The van der Waals surface area contributed by atoms with Crippen LogP contribution in [0, 0.1) is 6.92 Å². The molecular formula is C22H14Cl4N2O2S. The van der Waals surface area contributed by atoms with E-state index in [2.05, 4.69) is 10.3 Å². The number of nitrogens with one attached hydrogen (secondary N) is 1. The van der Waals surface area contributed by atoms with Crippen LogP contribution in [0.4, 0.5) is 5.13 Å². The van der Waals surface area contributed by atoms with Crippen LogP contribution in [0.5, 0.6) is 0 Å². The minimum atomic E-state index is -0.307. The number of hydrogen-bond acceptors (Lipinski definition) is 4. The number of nitrogens with zero attached hydrogens (tertiary/aromatic N) is 1. The van der Waals surface area contributed by atoms with Crippen molar-refractivity contribution in [2.75, 3.05) is 5.32 Å². The van der Waals surface area contributed by atoms with Gasteiger partial charge in [-0.25, -0.2) is 4.98 Å². The van der Waals surface area contributed by atoms with E-state index in [1.165, 1.54) is 11.3 Å². The van der Waals surface area contributed by atoms with Gasteiger partial charge >= 0.3 is 0 Å². The average molecular weight is 512 g/mol. The molecule has 0 atom stereocenters. The van der Waals surface area contributed by atoms with E-state index in [4.69, 9.17) is 50.8 Å². The number of benzene rings is 2. The second-order valence-corrected chi connectivity index (χ2v) is 9.48. The molecule has 0 spiro atoms. The monoisotopic (exact) mass is 510 g/mol. The lowest BCUT2D eigenvalue weighted by molar-refractivity contribution is 0.102. The van der Waals surface area contributed by atoms with Gasteiger partial charge in [0.1, 0.15) is 11.5 Å². The minimum absolute atomic E-state index is 0.307. The normalized spacial score (nSPS) is 11.0. The number of halogens is 4. The molecule has 4 aromatic rings. The Labute approximate surface area is 202 Å². The first kappa shape index (κ1) is 22.2. The molecule has 0 aliphatic rings. The van der Waals surface area contributed by atoms with Crippen molar-refractivity contribution in [2.45, 2.75) is 13.3 Å².